The third kappa shape index (κ3) is 5.53. The molecule has 1 amide bonds. The van der Waals surface area contributed by atoms with Crippen molar-refractivity contribution in [1.82, 2.24) is 10.2 Å². The zero-order chi connectivity index (χ0) is 17.5. The number of benzene rings is 1. The van der Waals surface area contributed by atoms with Crippen LogP contribution in [0.2, 0.25) is 0 Å². The molecule has 4 heteroatoms. The number of piperidine rings is 1. The first kappa shape index (κ1) is 18.4. The van der Waals surface area contributed by atoms with Gasteiger partial charge in [0.1, 0.15) is 5.82 Å². The number of hydrogen-bond donors (Lipinski definition) is 1. The molecule has 1 heterocycles. The van der Waals surface area contributed by atoms with Crippen molar-refractivity contribution in [3.8, 4) is 0 Å². The van der Waals surface area contributed by atoms with Crippen LogP contribution in [0.15, 0.2) is 24.3 Å². The summed E-state index contributed by atoms with van der Waals surface area (Å²) in [7, 11) is 0. The Morgan fingerprint density at radius 1 is 1.04 bits per heavy atom. The van der Waals surface area contributed by atoms with E-state index in [0.29, 0.717) is 24.9 Å². The molecule has 138 valence electrons. The number of halogens is 1. The lowest BCUT2D eigenvalue weighted by Gasteiger charge is -2.35. The Bertz CT molecular complexity index is 533. The second kappa shape index (κ2) is 9.33. The van der Waals surface area contributed by atoms with Crippen molar-refractivity contribution < 1.29 is 9.18 Å². The van der Waals surface area contributed by atoms with E-state index < -0.39 is 0 Å². The van der Waals surface area contributed by atoms with E-state index in [0.717, 1.165) is 37.9 Å². The largest absolute Gasteiger partial charge is 0.335 e. The van der Waals surface area contributed by atoms with Crippen molar-refractivity contribution in [2.24, 2.45) is 5.92 Å². The fourth-order valence-corrected chi connectivity index (χ4v) is 4.24. The molecule has 0 radical (unpaired) electrons. The van der Waals surface area contributed by atoms with E-state index in [4.69, 9.17) is 0 Å². The van der Waals surface area contributed by atoms with E-state index in [2.05, 4.69) is 10.2 Å². The van der Waals surface area contributed by atoms with Gasteiger partial charge in [0.15, 0.2) is 0 Å². The summed E-state index contributed by atoms with van der Waals surface area (Å²) in [5.74, 6) is 0.754. The minimum Gasteiger partial charge on any atom is -0.335 e. The Hall–Kier alpha value is -1.42. The van der Waals surface area contributed by atoms with Crippen LogP contribution in [0.3, 0.4) is 0 Å². The first-order valence-electron chi connectivity index (χ1n) is 9.97. The summed E-state index contributed by atoms with van der Waals surface area (Å²) in [6, 6.07) is 6.97. The lowest BCUT2D eigenvalue weighted by atomic mass is 9.91. The molecule has 0 atom stereocenters. The molecule has 1 N–H and O–H groups in total. The van der Waals surface area contributed by atoms with E-state index in [1.54, 1.807) is 0 Å². The van der Waals surface area contributed by atoms with Gasteiger partial charge in [0.2, 0.25) is 5.91 Å². The molecule has 1 aromatic carbocycles. The highest BCUT2D eigenvalue weighted by atomic mass is 19.1. The number of nitrogens with zero attached hydrogens (tertiary/aromatic N) is 1. The lowest BCUT2D eigenvalue weighted by Crippen LogP contribution is -2.41. The summed E-state index contributed by atoms with van der Waals surface area (Å²) in [6.07, 6.45) is 9.97. The standard InChI is InChI=1S/C21H31FN2O/c22-19-9-6-18(7-10-19)16-24(20-4-2-1-3-5-20)21(25)11-8-17-12-14-23-15-13-17/h6-7,9-10,17,20,23H,1-5,8,11-16H2. The van der Waals surface area contributed by atoms with E-state index >= 15 is 0 Å². The predicted octanol–water partition coefficient (Wildman–Crippen LogP) is 4.27. The molecule has 1 aromatic rings. The van der Waals surface area contributed by atoms with Gasteiger partial charge in [0, 0.05) is 19.0 Å². The van der Waals surface area contributed by atoms with Crippen molar-refractivity contribution >= 4 is 5.91 Å². The SMILES string of the molecule is O=C(CCC1CCNCC1)N(Cc1ccc(F)cc1)C1CCCCC1. The Labute approximate surface area is 151 Å². The third-order valence-electron chi connectivity index (χ3n) is 5.83. The molecule has 2 aliphatic rings. The van der Waals surface area contributed by atoms with Crippen LogP contribution in [0, 0.1) is 11.7 Å². The minimum atomic E-state index is -0.217. The number of nitrogens with one attached hydrogen (secondary N) is 1. The summed E-state index contributed by atoms with van der Waals surface area (Å²) in [6.45, 7) is 2.79. The fraction of sp³-hybridized carbons (Fsp3) is 0.667. The molecule has 1 saturated heterocycles. The maximum Gasteiger partial charge on any atom is 0.223 e. The van der Waals surface area contributed by atoms with Crippen molar-refractivity contribution in [2.45, 2.75) is 70.4 Å². The van der Waals surface area contributed by atoms with Crippen molar-refractivity contribution in [1.29, 1.82) is 0 Å². The van der Waals surface area contributed by atoms with Gasteiger partial charge >= 0.3 is 0 Å². The Morgan fingerprint density at radius 2 is 1.72 bits per heavy atom. The summed E-state index contributed by atoms with van der Waals surface area (Å²) in [5, 5.41) is 3.39. The first-order chi connectivity index (χ1) is 12.2. The zero-order valence-corrected chi connectivity index (χ0v) is 15.2. The number of carbonyl (C=O) groups excluding carboxylic acids is 1. The number of rotatable bonds is 6. The topological polar surface area (TPSA) is 32.3 Å². The summed E-state index contributed by atoms with van der Waals surface area (Å²) in [4.78, 5) is 15.1. The number of carbonyl (C=O) groups is 1. The molecular formula is C21H31FN2O. The molecule has 0 bridgehead atoms. The molecule has 25 heavy (non-hydrogen) atoms. The summed E-state index contributed by atoms with van der Waals surface area (Å²) >= 11 is 0. The van der Waals surface area contributed by atoms with Crippen LogP contribution < -0.4 is 5.32 Å². The Balaban J connectivity index is 1.61. The van der Waals surface area contributed by atoms with Gasteiger partial charge in [-0.25, -0.2) is 4.39 Å². The van der Waals surface area contributed by atoms with Crippen LogP contribution in [-0.2, 0) is 11.3 Å². The average Bonchev–Trinajstić information content (AvgIpc) is 2.67. The smallest absolute Gasteiger partial charge is 0.223 e. The van der Waals surface area contributed by atoms with E-state index in [9.17, 15) is 9.18 Å². The highest BCUT2D eigenvalue weighted by Crippen LogP contribution is 2.26. The van der Waals surface area contributed by atoms with Crippen LogP contribution >= 0.6 is 0 Å². The van der Waals surface area contributed by atoms with Crippen LogP contribution in [0.4, 0.5) is 4.39 Å². The van der Waals surface area contributed by atoms with Gasteiger partial charge in [-0.1, -0.05) is 31.4 Å². The number of amides is 1. The van der Waals surface area contributed by atoms with Gasteiger partial charge in [-0.15, -0.1) is 0 Å². The maximum atomic E-state index is 13.2. The molecule has 3 nitrogen and oxygen atoms in total. The third-order valence-corrected chi connectivity index (χ3v) is 5.83. The number of hydrogen-bond acceptors (Lipinski definition) is 2. The van der Waals surface area contributed by atoms with Crippen LogP contribution in [-0.4, -0.2) is 29.9 Å². The molecule has 2 fully saturated rings. The summed E-state index contributed by atoms with van der Waals surface area (Å²) in [5.41, 5.74) is 1.03. The van der Waals surface area contributed by atoms with Gasteiger partial charge < -0.3 is 10.2 Å². The molecule has 0 spiro atoms. The van der Waals surface area contributed by atoms with Crippen LogP contribution in [0.1, 0.15) is 63.4 Å². The highest BCUT2D eigenvalue weighted by molar-refractivity contribution is 5.76. The van der Waals surface area contributed by atoms with Gasteiger partial charge in [-0.3, -0.25) is 4.79 Å². The van der Waals surface area contributed by atoms with Crippen LogP contribution in [0.25, 0.3) is 0 Å². The predicted molar refractivity (Wildman–Crippen MR) is 98.7 cm³/mol. The normalized spacial score (nSPS) is 19.7. The van der Waals surface area contributed by atoms with Gasteiger partial charge in [-0.05, 0) is 68.8 Å². The molecular weight excluding hydrogens is 315 g/mol. The first-order valence-corrected chi connectivity index (χ1v) is 9.97. The highest BCUT2D eigenvalue weighted by Gasteiger charge is 2.26. The zero-order valence-electron chi connectivity index (χ0n) is 15.2. The Kier molecular flexibility index (Phi) is 6.85. The van der Waals surface area contributed by atoms with E-state index in [1.165, 1.54) is 44.2 Å². The second-order valence-corrected chi connectivity index (χ2v) is 7.67. The van der Waals surface area contributed by atoms with Gasteiger partial charge in [-0.2, -0.15) is 0 Å². The second-order valence-electron chi connectivity index (χ2n) is 7.67. The Morgan fingerprint density at radius 3 is 2.40 bits per heavy atom. The average molecular weight is 346 g/mol. The van der Waals surface area contributed by atoms with Crippen molar-refractivity contribution in [3.05, 3.63) is 35.6 Å². The van der Waals surface area contributed by atoms with Crippen LogP contribution in [0.5, 0.6) is 0 Å². The maximum absolute atomic E-state index is 13.2. The molecule has 1 aliphatic heterocycles. The van der Waals surface area contributed by atoms with Crippen molar-refractivity contribution in [2.75, 3.05) is 13.1 Å². The lowest BCUT2D eigenvalue weighted by molar-refractivity contribution is -0.135. The van der Waals surface area contributed by atoms with E-state index in [-0.39, 0.29) is 11.7 Å². The molecule has 1 saturated carbocycles. The van der Waals surface area contributed by atoms with E-state index in [1.807, 2.05) is 12.1 Å². The molecule has 0 unspecified atom stereocenters. The van der Waals surface area contributed by atoms with Gasteiger partial charge in [0.05, 0.1) is 0 Å². The minimum absolute atomic E-state index is 0.217. The van der Waals surface area contributed by atoms with Crippen molar-refractivity contribution in [3.63, 3.8) is 0 Å². The summed E-state index contributed by atoms with van der Waals surface area (Å²) < 4.78 is 13.2. The molecule has 3 rings (SSSR count). The van der Waals surface area contributed by atoms with Gasteiger partial charge in [0.25, 0.3) is 0 Å². The fourth-order valence-electron chi connectivity index (χ4n) is 4.24. The quantitative estimate of drug-likeness (QED) is 0.834. The molecule has 0 aromatic heterocycles. The monoisotopic (exact) mass is 346 g/mol. The molecule has 1 aliphatic carbocycles.